The van der Waals surface area contributed by atoms with Gasteiger partial charge in [0.05, 0.1) is 6.61 Å². The number of nitrogens with one attached hydrogen (secondary N) is 2. The van der Waals surface area contributed by atoms with Crippen LogP contribution in [-0.2, 0) is 24.8 Å². The zero-order chi connectivity index (χ0) is 20.2. The van der Waals surface area contributed by atoms with Gasteiger partial charge in [-0.2, -0.15) is 0 Å². The SMILES string of the molecule is CCOc1cccc(CCNC(=NCc2nnc(C)n2C)NCCCOC)c1.I. The Morgan fingerprint density at radius 3 is 2.69 bits per heavy atom. The predicted molar refractivity (Wildman–Crippen MR) is 126 cm³/mol. The molecule has 0 radical (unpaired) electrons. The van der Waals surface area contributed by atoms with Crippen molar-refractivity contribution in [3.8, 4) is 5.75 Å². The third-order valence-corrected chi connectivity index (χ3v) is 4.29. The highest BCUT2D eigenvalue weighted by molar-refractivity contribution is 14.0. The molecular weight excluding hydrogens is 483 g/mol. The zero-order valence-electron chi connectivity index (χ0n) is 17.8. The van der Waals surface area contributed by atoms with E-state index < -0.39 is 0 Å². The van der Waals surface area contributed by atoms with Gasteiger partial charge in [-0.1, -0.05) is 12.1 Å². The normalized spacial score (nSPS) is 11.1. The smallest absolute Gasteiger partial charge is 0.191 e. The summed E-state index contributed by atoms with van der Waals surface area (Å²) in [6.07, 6.45) is 1.79. The minimum absolute atomic E-state index is 0. The van der Waals surface area contributed by atoms with Crippen LogP contribution < -0.4 is 15.4 Å². The maximum atomic E-state index is 5.57. The molecule has 0 aliphatic rings. The molecule has 8 nitrogen and oxygen atoms in total. The number of methoxy groups -OCH3 is 1. The molecule has 2 rings (SSSR count). The first kappa shape index (κ1) is 25.2. The fraction of sp³-hybridized carbons (Fsp3) is 0.550. The number of ether oxygens (including phenoxy) is 2. The van der Waals surface area contributed by atoms with Crippen LogP contribution in [0, 0.1) is 6.92 Å². The Labute approximate surface area is 190 Å². The first-order valence-corrected chi connectivity index (χ1v) is 9.71. The largest absolute Gasteiger partial charge is 0.494 e. The lowest BCUT2D eigenvalue weighted by Gasteiger charge is -2.13. The number of rotatable bonds is 11. The maximum absolute atomic E-state index is 5.57. The van der Waals surface area contributed by atoms with Crippen LogP contribution in [0.3, 0.4) is 0 Å². The molecule has 0 fully saturated rings. The van der Waals surface area contributed by atoms with Gasteiger partial charge in [0.1, 0.15) is 18.1 Å². The van der Waals surface area contributed by atoms with Crippen molar-refractivity contribution in [2.75, 3.05) is 33.4 Å². The third-order valence-electron chi connectivity index (χ3n) is 4.29. The maximum Gasteiger partial charge on any atom is 0.191 e. The fourth-order valence-corrected chi connectivity index (χ4v) is 2.62. The van der Waals surface area contributed by atoms with E-state index in [9.17, 15) is 0 Å². The van der Waals surface area contributed by atoms with Crippen LogP contribution in [0.1, 0.15) is 30.6 Å². The van der Waals surface area contributed by atoms with Crippen LogP contribution in [0.15, 0.2) is 29.3 Å². The summed E-state index contributed by atoms with van der Waals surface area (Å²) in [5, 5.41) is 15.0. The summed E-state index contributed by atoms with van der Waals surface area (Å²) < 4.78 is 12.6. The lowest BCUT2D eigenvalue weighted by atomic mass is 10.1. The Morgan fingerprint density at radius 2 is 2.00 bits per heavy atom. The molecule has 0 amide bonds. The molecule has 0 saturated carbocycles. The van der Waals surface area contributed by atoms with Gasteiger partial charge >= 0.3 is 0 Å². The molecular formula is C20H33IN6O2. The number of aromatic nitrogens is 3. The van der Waals surface area contributed by atoms with Gasteiger partial charge in [-0.05, 0) is 44.4 Å². The highest BCUT2D eigenvalue weighted by Gasteiger charge is 2.05. The molecule has 0 unspecified atom stereocenters. The minimum Gasteiger partial charge on any atom is -0.494 e. The van der Waals surface area contributed by atoms with E-state index >= 15 is 0 Å². The lowest BCUT2D eigenvalue weighted by molar-refractivity contribution is 0.195. The van der Waals surface area contributed by atoms with Crippen molar-refractivity contribution in [2.24, 2.45) is 12.0 Å². The second-order valence-corrected chi connectivity index (χ2v) is 6.42. The van der Waals surface area contributed by atoms with Crippen LogP contribution >= 0.6 is 24.0 Å². The van der Waals surface area contributed by atoms with Gasteiger partial charge in [0, 0.05) is 33.9 Å². The van der Waals surface area contributed by atoms with Crippen molar-refractivity contribution in [1.29, 1.82) is 0 Å². The molecule has 29 heavy (non-hydrogen) atoms. The van der Waals surface area contributed by atoms with Crippen molar-refractivity contribution < 1.29 is 9.47 Å². The van der Waals surface area contributed by atoms with Gasteiger partial charge in [-0.3, -0.25) is 0 Å². The monoisotopic (exact) mass is 516 g/mol. The van der Waals surface area contributed by atoms with Gasteiger partial charge in [-0.15, -0.1) is 34.2 Å². The first-order valence-electron chi connectivity index (χ1n) is 9.71. The van der Waals surface area contributed by atoms with Crippen LogP contribution in [0.25, 0.3) is 0 Å². The Hall–Kier alpha value is -1.88. The Kier molecular flexibility index (Phi) is 12.3. The van der Waals surface area contributed by atoms with Gasteiger partial charge < -0.3 is 24.7 Å². The molecule has 0 atom stereocenters. The standard InChI is InChI=1S/C20H32N6O2.HI/c1-5-28-18-9-6-8-17(14-18)10-12-22-20(21-11-7-13-27-4)23-15-19-25-24-16(2)26(19)3;/h6,8-9,14H,5,7,10-13,15H2,1-4H3,(H2,21,22,23);1H. The molecule has 9 heteroatoms. The fourth-order valence-electron chi connectivity index (χ4n) is 2.62. The minimum atomic E-state index is 0. The van der Waals surface area contributed by atoms with Crippen molar-refractivity contribution in [3.05, 3.63) is 41.5 Å². The first-order chi connectivity index (χ1) is 13.6. The molecule has 1 heterocycles. The summed E-state index contributed by atoms with van der Waals surface area (Å²) in [6.45, 7) is 7.33. The van der Waals surface area contributed by atoms with E-state index in [1.165, 1.54) is 5.56 Å². The average Bonchev–Trinajstić information content (AvgIpc) is 3.01. The van der Waals surface area contributed by atoms with Gasteiger partial charge in [-0.25, -0.2) is 4.99 Å². The van der Waals surface area contributed by atoms with Crippen LogP contribution in [0.5, 0.6) is 5.75 Å². The number of benzene rings is 1. The number of hydrogen-bond donors (Lipinski definition) is 2. The van der Waals surface area contributed by atoms with Crippen LogP contribution in [-0.4, -0.2) is 54.1 Å². The van der Waals surface area contributed by atoms with E-state index in [-0.39, 0.29) is 24.0 Å². The number of aryl methyl sites for hydroxylation is 1. The highest BCUT2D eigenvalue weighted by atomic mass is 127. The molecule has 2 aromatic rings. The number of aliphatic imine (C=N–C) groups is 1. The molecule has 2 N–H and O–H groups in total. The van der Waals surface area contributed by atoms with E-state index in [1.807, 2.05) is 37.6 Å². The molecule has 162 valence electrons. The molecule has 0 aliphatic heterocycles. The van der Waals surface area contributed by atoms with E-state index in [0.29, 0.717) is 19.8 Å². The number of halogens is 1. The van der Waals surface area contributed by atoms with Crippen molar-refractivity contribution in [1.82, 2.24) is 25.4 Å². The molecule has 1 aromatic heterocycles. The summed E-state index contributed by atoms with van der Waals surface area (Å²) in [4.78, 5) is 4.65. The van der Waals surface area contributed by atoms with Crippen molar-refractivity contribution in [3.63, 3.8) is 0 Å². The van der Waals surface area contributed by atoms with E-state index in [4.69, 9.17) is 9.47 Å². The second kappa shape index (κ2) is 14.2. The van der Waals surface area contributed by atoms with Gasteiger partial charge in [0.25, 0.3) is 0 Å². The molecule has 0 spiro atoms. The van der Waals surface area contributed by atoms with E-state index in [2.05, 4.69) is 38.0 Å². The quantitative estimate of drug-likeness (QED) is 0.207. The summed E-state index contributed by atoms with van der Waals surface area (Å²) in [5.74, 6) is 3.38. The Balaban J connectivity index is 0.00000420. The number of guanidine groups is 1. The molecule has 0 aliphatic carbocycles. The van der Waals surface area contributed by atoms with Crippen molar-refractivity contribution in [2.45, 2.75) is 33.2 Å². The Bertz CT molecular complexity index is 750. The van der Waals surface area contributed by atoms with E-state index in [0.717, 1.165) is 49.3 Å². The number of nitrogens with zero attached hydrogens (tertiary/aromatic N) is 4. The number of hydrogen-bond acceptors (Lipinski definition) is 5. The topological polar surface area (TPSA) is 85.6 Å². The van der Waals surface area contributed by atoms with Crippen molar-refractivity contribution >= 4 is 29.9 Å². The summed E-state index contributed by atoms with van der Waals surface area (Å²) in [7, 11) is 3.66. The molecule has 0 bridgehead atoms. The predicted octanol–water partition coefficient (Wildman–Crippen LogP) is 2.45. The zero-order valence-corrected chi connectivity index (χ0v) is 20.1. The summed E-state index contributed by atoms with van der Waals surface area (Å²) >= 11 is 0. The molecule has 1 aromatic carbocycles. The highest BCUT2D eigenvalue weighted by Crippen LogP contribution is 2.13. The molecule has 0 saturated heterocycles. The van der Waals surface area contributed by atoms with E-state index in [1.54, 1.807) is 7.11 Å². The van der Waals surface area contributed by atoms with Crippen LogP contribution in [0.2, 0.25) is 0 Å². The average molecular weight is 516 g/mol. The summed E-state index contributed by atoms with van der Waals surface area (Å²) in [5.41, 5.74) is 1.22. The second-order valence-electron chi connectivity index (χ2n) is 6.42. The Morgan fingerprint density at radius 1 is 1.21 bits per heavy atom. The van der Waals surface area contributed by atoms with Gasteiger partial charge in [0.2, 0.25) is 0 Å². The van der Waals surface area contributed by atoms with Crippen LogP contribution in [0.4, 0.5) is 0 Å². The van der Waals surface area contributed by atoms with Gasteiger partial charge in [0.15, 0.2) is 11.8 Å². The summed E-state index contributed by atoms with van der Waals surface area (Å²) in [6, 6.07) is 8.19. The lowest BCUT2D eigenvalue weighted by Crippen LogP contribution is -2.39. The third kappa shape index (κ3) is 8.99.